The first-order valence-electron chi connectivity index (χ1n) is 10.1. The molecule has 0 bridgehead atoms. The minimum atomic E-state index is -0.683. The van der Waals surface area contributed by atoms with Crippen LogP contribution in [0.5, 0.6) is 0 Å². The minimum absolute atomic E-state index is 0.130. The molecular weight excluding hydrogens is 356 g/mol. The van der Waals surface area contributed by atoms with E-state index in [-0.39, 0.29) is 6.03 Å². The normalized spacial score (nSPS) is 20.2. The van der Waals surface area contributed by atoms with Crippen molar-refractivity contribution in [2.24, 2.45) is 0 Å². The second-order valence-electron chi connectivity index (χ2n) is 7.56. The molecule has 4 heterocycles. The van der Waals surface area contributed by atoms with Crippen LogP contribution >= 0.6 is 0 Å². The van der Waals surface area contributed by atoms with Crippen LogP contribution in [0.2, 0.25) is 0 Å². The van der Waals surface area contributed by atoms with Crippen molar-refractivity contribution in [3.63, 3.8) is 0 Å². The number of aromatic nitrogens is 3. The number of piperidine rings is 1. The molecule has 1 atom stereocenters. The highest BCUT2D eigenvalue weighted by Crippen LogP contribution is 2.22. The highest BCUT2D eigenvalue weighted by atomic mass is 16.3. The van der Waals surface area contributed by atoms with Crippen LogP contribution in [0.3, 0.4) is 0 Å². The average Bonchev–Trinajstić information content (AvgIpc) is 3.25. The Balaban J connectivity index is 1.31. The van der Waals surface area contributed by atoms with Gasteiger partial charge in [0.25, 0.3) is 0 Å². The van der Waals surface area contributed by atoms with Gasteiger partial charge >= 0.3 is 6.03 Å². The second-order valence-corrected chi connectivity index (χ2v) is 7.56. The second kappa shape index (κ2) is 8.81. The summed E-state index contributed by atoms with van der Waals surface area (Å²) in [6.45, 7) is 5.53. The van der Waals surface area contributed by atoms with Gasteiger partial charge in [0, 0.05) is 63.8 Å². The predicted molar refractivity (Wildman–Crippen MR) is 104 cm³/mol. The summed E-state index contributed by atoms with van der Waals surface area (Å²) in [7, 11) is 0. The first-order chi connectivity index (χ1) is 13.7. The van der Waals surface area contributed by atoms with Gasteiger partial charge < -0.3 is 10.0 Å². The van der Waals surface area contributed by atoms with E-state index in [2.05, 4.69) is 15.0 Å². The molecule has 0 aliphatic carbocycles. The van der Waals surface area contributed by atoms with E-state index in [0.717, 1.165) is 51.3 Å². The third kappa shape index (κ3) is 4.40. The number of pyridine rings is 1. The topological polar surface area (TPSA) is 77.7 Å². The number of carbonyl (C=O) groups is 1. The molecule has 2 aromatic rings. The van der Waals surface area contributed by atoms with Gasteiger partial charge in [0.05, 0.1) is 11.9 Å². The van der Waals surface area contributed by atoms with Gasteiger partial charge in [-0.2, -0.15) is 9.78 Å². The summed E-state index contributed by atoms with van der Waals surface area (Å²) in [4.78, 5) is 23.3. The van der Waals surface area contributed by atoms with Gasteiger partial charge in [0.15, 0.2) is 0 Å². The van der Waals surface area contributed by atoms with Gasteiger partial charge in [-0.15, -0.1) is 0 Å². The Morgan fingerprint density at radius 3 is 2.57 bits per heavy atom. The monoisotopic (exact) mass is 384 g/mol. The number of hydrogen-bond donors (Lipinski definition) is 1. The third-order valence-corrected chi connectivity index (χ3v) is 5.59. The van der Waals surface area contributed by atoms with Crippen molar-refractivity contribution in [2.45, 2.75) is 32.0 Å². The molecule has 150 valence electrons. The van der Waals surface area contributed by atoms with E-state index in [0.29, 0.717) is 18.7 Å². The largest absolute Gasteiger partial charge is 0.374 e. The third-order valence-electron chi connectivity index (χ3n) is 5.59. The van der Waals surface area contributed by atoms with Crippen LogP contribution < -0.4 is 0 Å². The molecule has 2 aliphatic rings. The van der Waals surface area contributed by atoms with Crippen LogP contribution in [0.1, 0.15) is 36.7 Å². The van der Waals surface area contributed by atoms with E-state index in [9.17, 15) is 9.90 Å². The fourth-order valence-electron chi connectivity index (χ4n) is 3.91. The van der Waals surface area contributed by atoms with Crippen molar-refractivity contribution in [2.75, 3.05) is 39.3 Å². The molecule has 8 nitrogen and oxygen atoms in total. The maximum atomic E-state index is 12.8. The van der Waals surface area contributed by atoms with E-state index < -0.39 is 6.23 Å². The van der Waals surface area contributed by atoms with Crippen molar-refractivity contribution in [3.05, 3.63) is 48.0 Å². The lowest BCUT2D eigenvalue weighted by Gasteiger charge is -2.34. The van der Waals surface area contributed by atoms with Crippen molar-refractivity contribution in [1.82, 2.24) is 29.5 Å². The fourth-order valence-corrected chi connectivity index (χ4v) is 3.91. The molecule has 2 fully saturated rings. The molecule has 2 aromatic heterocycles. The van der Waals surface area contributed by atoms with Gasteiger partial charge in [0.2, 0.25) is 0 Å². The molecule has 0 aromatic carbocycles. The van der Waals surface area contributed by atoms with E-state index in [1.54, 1.807) is 12.4 Å². The summed E-state index contributed by atoms with van der Waals surface area (Å²) in [5.74, 6) is 0. The van der Waals surface area contributed by atoms with Crippen molar-refractivity contribution in [1.29, 1.82) is 0 Å². The smallest absolute Gasteiger partial charge is 0.344 e. The molecule has 28 heavy (non-hydrogen) atoms. The molecule has 1 amide bonds. The molecule has 8 heteroatoms. The minimum Gasteiger partial charge on any atom is -0.374 e. The predicted octanol–water partition coefficient (Wildman–Crippen LogP) is 1.54. The van der Waals surface area contributed by atoms with Crippen molar-refractivity contribution >= 4 is 6.03 Å². The summed E-state index contributed by atoms with van der Waals surface area (Å²) in [6, 6.07) is 5.81. The first kappa shape index (κ1) is 19.0. The van der Waals surface area contributed by atoms with Crippen LogP contribution in [0.4, 0.5) is 4.79 Å². The zero-order chi connectivity index (χ0) is 19.3. The molecule has 2 aliphatic heterocycles. The lowest BCUT2D eigenvalue weighted by atomic mass is 10.1. The Morgan fingerprint density at radius 2 is 1.86 bits per heavy atom. The Bertz CT molecular complexity index is 766. The number of aliphatic hydroxyl groups excluding tert-OH is 1. The van der Waals surface area contributed by atoms with Crippen LogP contribution in [-0.2, 0) is 6.54 Å². The van der Waals surface area contributed by atoms with Gasteiger partial charge in [-0.05, 0) is 25.0 Å². The zero-order valence-electron chi connectivity index (χ0n) is 16.2. The number of nitrogens with zero attached hydrogens (tertiary/aromatic N) is 6. The van der Waals surface area contributed by atoms with Gasteiger partial charge in [0.1, 0.15) is 6.23 Å². The van der Waals surface area contributed by atoms with Crippen LogP contribution in [0, 0.1) is 0 Å². The Labute approximate surface area is 165 Å². The van der Waals surface area contributed by atoms with E-state index in [1.807, 2.05) is 34.2 Å². The van der Waals surface area contributed by atoms with Crippen LogP contribution in [-0.4, -0.2) is 79.9 Å². The summed E-state index contributed by atoms with van der Waals surface area (Å²) in [5, 5.41) is 14.8. The van der Waals surface area contributed by atoms with Crippen LogP contribution in [0.15, 0.2) is 36.8 Å². The average molecular weight is 384 g/mol. The molecule has 0 unspecified atom stereocenters. The van der Waals surface area contributed by atoms with E-state index in [4.69, 9.17) is 0 Å². The first-order valence-corrected chi connectivity index (χ1v) is 10.1. The maximum Gasteiger partial charge on any atom is 0.344 e. The highest BCUT2D eigenvalue weighted by molar-refractivity contribution is 5.76. The van der Waals surface area contributed by atoms with Crippen LogP contribution in [0.25, 0.3) is 0 Å². The number of rotatable bonds is 4. The Morgan fingerprint density at radius 1 is 1.07 bits per heavy atom. The molecule has 4 rings (SSSR count). The molecule has 0 spiro atoms. The van der Waals surface area contributed by atoms with Crippen molar-refractivity contribution in [3.8, 4) is 0 Å². The van der Waals surface area contributed by atoms with Crippen molar-refractivity contribution < 1.29 is 9.90 Å². The summed E-state index contributed by atoms with van der Waals surface area (Å²) in [5.41, 5.74) is 1.73. The Kier molecular flexibility index (Phi) is 5.99. The molecule has 0 radical (unpaired) electrons. The van der Waals surface area contributed by atoms with Gasteiger partial charge in [-0.3, -0.25) is 14.8 Å². The van der Waals surface area contributed by atoms with Gasteiger partial charge in [-0.1, -0.05) is 12.5 Å². The number of carbonyl (C=O) groups excluding carboxylic acids is 1. The lowest BCUT2D eigenvalue weighted by molar-refractivity contribution is -0.00985. The standard InChI is InChI=1S/C20H28N6O2/c27-19(24-8-4-1-5-9-24)17-14-22-26(15-17)20(28)25-12-10-23(11-13-25)16-18-6-2-3-7-21-18/h2-3,6-7,14-15,19,27H,1,4-5,8-13,16H2/t19-/m1/s1. The maximum absolute atomic E-state index is 12.8. The fraction of sp³-hybridized carbons (Fsp3) is 0.550. The SMILES string of the molecule is O=C(N1CCN(Cc2ccccn2)CC1)n1cc([C@@H](O)N2CCCCC2)cn1. The molecule has 0 saturated carbocycles. The number of hydrogen-bond acceptors (Lipinski definition) is 6. The van der Waals surface area contributed by atoms with Gasteiger partial charge in [-0.25, -0.2) is 4.79 Å². The summed E-state index contributed by atoms with van der Waals surface area (Å²) < 4.78 is 1.36. The summed E-state index contributed by atoms with van der Waals surface area (Å²) >= 11 is 0. The van der Waals surface area contributed by atoms with E-state index in [1.165, 1.54) is 11.1 Å². The molecular formula is C20H28N6O2. The number of amides is 1. The quantitative estimate of drug-likeness (QED) is 0.862. The lowest BCUT2D eigenvalue weighted by Crippen LogP contribution is -2.49. The summed E-state index contributed by atoms with van der Waals surface area (Å²) in [6.07, 6.45) is 7.82. The zero-order valence-corrected chi connectivity index (χ0v) is 16.2. The molecule has 2 saturated heterocycles. The number of piperazine rings is 1. The Hall–Kier alpha value is -2.29. The number of likely N-dealkylation sites (tertiary alicyclic amines) is 1. The molecule has 1 N–H and O–H groups in total. The number of aliphatic hydroxyl groups is 1. The van der Waals surface area contributed by atoms with E-state index >= 15 is 0 Å². The highest BCUT2D eigenvalue weighted by Gasteiger charge is 2.25.